The van der Waals surface area contributed by atoms with Gasteiger partial charge in [-0.3, -0.25) is 4.90 Å². The Hall–Kier alpha value is -1.26. The second-order valence-corrected chi connectivity index (χ2v) is 8.90. The Labute approximate surface area is 156 Å². The summed E-state index contributed by atoms with van der Waals surface area (Å²) in [5.74, 6) is 0.697. The number of piperazine rings is 1. The van der Waals surface area contributed by atoms with Crippen LogP contribution in [0.3, 0.4) is 0 Å². The molecule has 2 aliphatic heterocycles. The minimum absolute atomic E-state index is 0.258. The number of ether oxygens (including phenoxy) is 1. The summed E-state index contributed by atoms with van der Waals surface area (Å²) < 4.78 is 32.3. The molecule has 9 heteroatoms. The van der Waals surface area contributed by atoms with Gasteiger partial charge < -0.3 is 15.0 Å². The van der Waals surface area contributed by atoms with E-state index in [1.807, 2.05) is 7.05 Å². The molecule has 146 valence electrons. The highest BCUT2D eigenvalue weighted by atomic mass is 32.2. The standard InChI is InChI=1S/C17H29N5O3S/c1-15(21-9-11-25-12-10-21)13-18-17-4-3-16(14-19-17)26(23,24)22-7-5-20(2)6-8-22/h3-4,14-15H,5-13H2,1-2H3,(H,18,19). The number of likely N-dealkylation sites (N-methyl/N-ethyl adjacent to an activating group) is 1. The zero-order valence-corrected chi connectivity index (χ0v) is 16.4. The molecule has 1 N–H and O–H groups in total. The number of nitrogens with zero attached hydrogens (tertiary/aromatic N) is 4. The van der Waals surface area contributed by atoms with Crippen molar-refractivity contribution in [2.75, 3.05) is 71.4 Å². The van der Waals surface area contributed by atoms with Crippen molar-refractivity contribution in [3.05, 3.63) is 18.3 Å². The molecule has 2 saturated heterocycles. The summed E-state index contributed by atoms with van der Waals surface area (Å²) in [5, 5.41) is 3.30. The zero-order chi connectivity index (χ0) is 18.6. The number of nitrogens with one attached hydrogen (secondary N) is 1. The minimum Gasteiger partial charge on any atom is -0.379 e. The molecule has 8 nitrogen and oxygen atoms in total. The molecule has 26 heavy (non-hydrogen) atoms. The molecule has 1 aromatic rings. The Morgan fingerprint density at radius 3 is 2.46 bits per heavy atom. The van der Waals surface area contributed by atoms with E-state index in [1.54, 1.807) is 12.1 Å². The molecule has 0 amide bonds. The van der Waals surface area contributed by atoms with Crippen LogP contribution in [0.4, 0.5) is 5.82 Å². The lowest BCUT2D eigenvalue weighted by atomic mass is 10.2. The molecule has 2 aliphatic rings. The maximum atomic E-state index is 12.7. The number of sulfonamides is 1. The summed E-state index contributed by atoms with van der Waals surface area (Å²) in [6, 6.07) is 3.76. The second kappa shape index (κ2) is 8.62. The summed E-state index contributed by atoms with van der Waals surface area (Å²) in [5.41, 5.74) is 0. The molecule has 0 bridgehead atoms. The van der Waals surface area contributed by atoms with Crippen LogP contribution in [0.15, 0.2) is 23.2 Å². The molecular formula is C17H29N5O3S. The zero-order valence-electron chi connectivity index (χ0n) is 15.6. The van der Waals surface area contributed by atoms with Gasteiger partial charge in [0.15, 0.2) is 0 Å². The lowest BCUT2D eigenvalue weighted by Crippen LogP contribution is -2.47. The number of hydrogen-bond acceptors (Lipinski definition) is 7. The first-order valence-corrected chi connectivity index (χ1v) is 10.6. The normalized spacial score (nSPS) is 22.2. The van der Waals surface area contributed by atoms with Crippen molar-refractivity contribution in [2.45, 2.75) is 17.9 Å². The van der Waals surface area contributed by atoms with Crippen molar-refractivity contribution >= 4 is 15.8 Å². The Balaban J connectivity index is 1.56. The fraction of sp³-hybridized carbons (Fsp3) is 0.706. The number of aromatic nitrogens is 1. The monoisotopic (exact) mass is 383 g/mol. The highest BCUT2D eigenvalue weighted by molar-refractivity contribution is 7.89. The van der Waals surface area contributed by atoms with Gasteiger partial charge in [0.2, 0.25) is 10.0 Å². The van der Waals surface area contributed by atoms with E-state index in [-0.39, 0.29) is 4.90 Å². The van der Waals surface area contributed by atoms with Crippen LogP contribution in [-0.2, 0) is 14.8 Å². The van der Waals surface area contributed by atoms with Crippen LogP contribution in [-0.4, -0.2) is 99.6 Å². The van der Waals surface area contributed by atoms with Gasteiger partial charge in [0, 0.05) is 58.1 Å². The van der Waals surface area contributed by atoms with Crippen LogP contribution in [0.5, 0.6) is 0 Å². The van der Waals surface area contributed by atoms with E-state index in [9.17, 15) is 8.42 Å². The molecule has 2 fully saturated rings. The number of hydrogen-bond donors (Lipinski definition) is 1. The molecule has 3 rings (SSSR count). The molecule has 1 atom stereocenters. The molecule has 1 unspecified atom stereocenters. The lowest BCUT2D eigenvalue weighted by molar-refractivity contribution is 0.0227. The smallest absolute Gasteiger partial charge is 0.244 e. The van der Waals surface area contributed by atoms with E-state index in [0.29, 0.717) is 24.9 Å². The second-order valence-electron chi connectivity index (χ2n) is 6.96. The summed E-state index contributed by atoms with van der Waals surface area (Å²) in [4.78, 5) is 9.07. The SMILES string of the molecule is CC(CNc1ccc(S(=O)(=O)N2CCN(C)CC2)cn1)N1CCOCC1. The first-order valence-electron chi connectivity index (χ1n) is 9.17. The van der Waals surface area contributed by atoms with Crippen LogP contribution in [0, 0.1) is 0 Å². The van der Waals surface area contributed by atoms with Crippen molar-refractivity contribution in [3.63, 3.8) is 0 Å². The molecule has 0 radical (unpaired) electrons. The van der Waals surface area contributed by atoms with Gasteiger partial charge in [-0.05, 0) is 26.1 Å². The van der Waals surface area contributed by atoms with Crippen LogP contribution >= 0.6 is 0 Å². The van der Waals surface area contributed by atoms with Gasteiger partial charge in [0.1, 0.15) is 10.7 Å². The van der Waals surface area contributed by atoms with Crippen LogP contribution in [0.25, 0.3) is 0 Å². The number of rotatable bonds is 6. The Kier molecular flexibility index (Phi) is 6.46. The Bertz CT molecular complexity index is 668. The topological polar surface area (TPSA) is 78.0 Å². The Morgan fingerprint density at radius 2 is 1.85 bits per heavy atom. The summed E-state index contributed by atoms with van der Waals surface area (Å²) in [6.07, 6.45) is 1.45. The van der Waals surface area contributed by atoms with Crippen molar-refractivity contribution in [1.82, 2.24) is 19.1 Å². The molecule has 0 aliphatic carbocycles. The van der Waals surface area contributed by atoms with E-state index in [0.717, 1.165) is 45.9 Å². The third-order valence-electron chi connectivity index (χ3n) is 5.08. The van der Waals surface area contributed by atoms with Gasteiger partial charge in [0.05, 0.1) is 13.2 Å². The minimum atomic E-state index is -3.46. The molecule has 0 aromatic carbocycles. The number of anilines is 1. The van der Waals surface area contributed by atoms with Gasteiger partial charge in [0.25, 0.3) is 0 Å². The van der Waals surface area contributed by atoms with Gasteiger partial charge >= 0.3 is 0 Å². The first-order chi connectivity index (χ1) is 12.5. The number of morpholine rings is 1. The fourth-order valence-corrected chi connectivity index (χ4v) is 4.58. The van der Waals surface area contributed by atoms with Crippen molar-refractivity contribution in [3.8, 4) is 0 Å². The Morgan fingerprint density at radius 1 is 1.15 bits per heavy atom. The van der Waals surface area contributed by atoms with Gasteiger partial charge in [-0.15, -0.1) is 0 Å². The summed E-state index contributed by atoms with van der Waals surface area (Å²) >= 11 is 0. The van der Waals surface area contributed by atoms with Crippen molar-refractivity contribution < 1.29 is 13.2 Å². The molecule has 1 aromatic heterocycles. The van der Waals surface area contributed by atoms with Crippen LogP contribution in [0.1, 0.15) is 6.92 Å². The van der Waals surface area contributed by atoms with Crippen LogP contribution in [0.2, 0.25) is 0 Å². The molecular weight excluding hydrogens is 354 g/mol. The predicted octanol–water partition coefficient (Wildman–Crippen LogP) is 0.150. The number of pyridine rings is 1. The fourth-order valence-electron chi connectivity index (χ4n) is 3.21. The van der Waals surface area contributed by atoms with E-state index < -0.39 is 10.0 Å². The van der Waals surface area contributed by atoms with E-state index >= 15 is 0 Å². The maximum absolute atomic E-state index is 12.7. The molecule has 0 saturated carbocycles. The highest BCUT2D eigenvalue weighted by Gasteiger charge is 2.27. The van der Waals surface area contributed by atoms with E-state index in [2.05, 4.69) is 27.0 Å². The van der Waals surface area contributed by atoms with Gasteiger partial charge in [-0.25, -0.2) is 13.4 Å². The summed E-state index contributed by atoms with van der Waals surface area (Å²) in [7, 11) is -1.45. The van der Waals surface area contributed by atoms with Crippen molar-refractivity contribution in [2.24, 2.45) is 0 Å². The average Bonchev–Trinajstić information content (AvgIpc) is 2.67. The largest absolute Gasteiger partial charge is 0.379 e. The van der Waals surface area contributed by atoms with Gasteiger partial charge in [-0.1, -0.05) is 0 Å². The predicted molar refractivity (Wildman–Crippen MR) is 101 cm³/mol. The third-order valence-corrected chi connectivity index (χ3v) is 6.97. The van der Waals surface area contributed by atoms with E-state index in [4.69, 9.17) is 4.74 Å². The molecule has 3 heterocycles. The van der Waals surface area contributed by atoms with Gasteiger partial charge in [-0.2, -0.15) is 4.31 Å². The van der Waals surface area contributed by atoms with Crippen LogP contribution < -0.4 is 5.32 Å². The molecule has 0 spiro atoms. The van der Waals surface area contributed by atoms with E-state index in [1.165, 1.54) is 10.5 Å². The van der Waals surface area contributed by atoms with Crippen molar-refractivity contribution in [1.29, 1.82) is 0 Å². The maximum Gasteiger partial charge on any atom is 0.244 e. The quantitative estimate of drug-likeness (QED) is 0.749. The lowest BCUT2D eigenvalue weighted by Gasteiger charge is -2.32. The third kappa shape index (κ3) is 4.72. The first kappa shape index (κ1) is 19.5. The highest BCUT2D eigenvalue weighted by Crippen LogP contribution is 2.18. The average molecular weight is 384 g/mol. The summed E-state index contributed by atoms with van der Waals surface area (Å²) in [6.45, 7) is 8.94.